The predicted molar refractivity (Wildman–Crippen MR) is 76.0 cm³/mol. The quantitative estimate of drug-likeness (QED) is 0.833. The van der Waals surface area contributed by atoms with Crippen LogP contribution in [0.2, 0.25) is 0 Å². The van der Waals surface area contributed by atoms with E-state index in [4.69, 9.17) is 5.73 Å². The van der Waals surface area contributed by atoms with E-state index in [1.54, 1.807) is 16.7 Å². The van der Waals surface area contributed by atoms with E-state index < -0.39 is 0 Å². The van der Waals surface area contributed by atoms with Gasteiger partial charge in [0.05, 0.1) is 6.54 Å². The molecule has 1 fully saturated rings. The van der Waals surface area contributed by atoms with E-state index in [9.17, 15) is 4.79 Å². The summed E-state index contributed by atoms with van der Waals surface area (Å²) < 4.78 is 0. The average molecular weight is 265 g/mol. The Morgan fingerprint density at radius 3 is 2.78 bits per heavy atom. The zero-order chi connectivity index (χ0) is 13.1. The second-order valence-electron chi connectivity index (χ2n) is 4.40. The Labute approximate surface area is 112 Å². The fraction of sp³-hybridized carbons (Fsp3) is 0.462. The SMILES string of the molecule is CSc1cccc(N2CCN(C)C(=O)C2)c1CN. The molecule has 4 nitrogen and oxygen atoms in total. The summed E-state index contributed by atoms with van der Waals surface area (Å²) in [6.07, 6.45) is 2.05. The van der Waals surface area contributed by atoms with Crippen LogP contribution in [0.3, 0.4) is 0 Å². The van der Waals surface area contributed by atoms with Crippen molar-refractivity contribution in [2.24, 2.45) is 5.73 Å². The molecule has 2 N–H and O–H groups in total. The molecular weight excluding hydrogens is 246 g/mol. The van der Waals surface area contributed by atoms with Gasteiger partial charge in [-0.3, -0.25) is 4.79 Å². The Morgan fingerprint density at radius 2 is 2.17 bits per heavy atom. The number of hydrogen-bond donors (Lipinski definition) is 1. The summed E-state index contributed by atoms with van der Waals surface area (Å²) >= 11 is 1.70. The molecule has 1 amide bonds. The molecule has 2 rings (SSSR count). The second kappa shape index (κ2) is 5.63. The number of rotatable bonds is 3. The van der Waals surface area contributed by atoms with Crippen molar-refractivity contribution in [2.45, 2.75) is 11.4 Å². The van der Waals surface area contributed by atoms with Crippen molar-refractivity contribution in [1.82, 2.24) is 4.90 Å². The van der Waals surface area contributed by atoms with Crippen LogP contribution in [-0.2, 0) is 11.3 Å². The molecule has 98 valence electrons. The van der Waals surface area contributed by atoms with E-state index >= 15 is 0 Å². The van der Waals surface area contributed by atoms with Gasteiger partial charge in [-0.05, 0) is 18.4 Å². The van der Waals surface area contributed by atoms with Crippen LogP contribution in [-0.4, -0.2) is 43.7 Å². The zero-order valence-electron chi connectivity index (χ0n) is 10.8. The van der Waals surface area contributed by atoms with E-state index in [0.717, 1.165) is 24.3 Å². The Kier molecular flexibility index (Phi) is 4.14. The van der Waals surface area contributed by atoms with Gasteiger partial charge in [0.15, 0.2) is 0 Å². The molecule has 1 heterocycles. The first-order valence-electron chi connectivity index (χ1n) is 6.02. The first kappa shape index (κ1) is 13.2. The number of hydrogen-bond acceptors (Lipinski definition) is 4. The molecule has 0 aromatic heterocycles. The number of amides is 1. The van der Waals surface area contributed by atoms with E-state index in [-0.39, 0.29) is 5.91 Å². The summed E-state index contributed by atoms with van der Waals surface area (Å²) in [4.78, 5) is 16.9. The monoisotopic (exact) mass is 265 g/mol. The van der Waals surface area contributed by atoms with Gasteiger partial charge in [0.2, 0.25) is 5.91 Å². The normalized spacial score (nSPS) is 16.3. The van der Waals surface area contributed by atoms with Crippen LogP contribution in [0.5, 0.6) is 0 Å². The summed E-state index contributed by atoms with van der Waals surface area (Å²) in [5, 5.41) is 0. The van der Waals surface area contributed by atoms with Gasteiger partial charge in [-0.2, -0.15) is 0 Å². The molecule has 0 bridgehead atoms. The number of benzene rings is 1. The highest BCUT2D eigenvalue weighted by atomic mass is 32.2. The lowest BCUT2D eigenvalue weighted by molar-refractivity contribution is -0.129. The number of thioether (sulfide) groups is 1. The van der Waals surface area contributed by atoms with Crippen molar-refractivity contribution < 1.29 is 4.79 Å². The molecule has 0 aliphatic carbocycles. The van der Waals surface area contributed by atoms with Crippen LogP contribution in [0.4, 0.5) is 5.69 Å². The molecule has 0 spiro atoms. The van der Waals surface area contributed by atoms with Gasteiger partial charge < -0.3 is 15.5 Å². The molecule has 18 heavy (non-hydrogen) atoms. The van der Waals surface area contributed by atoms with Gasteiger partial charge >= 0.3 is 0 Å². The molecule has 5 heteroatoms. The molecule has 1 aromatic rings. The highest BCUT2D eigenvalue weighted by Crippen LogP contribution is 2.29. The van der Waals surface area contributed by atoms with Crippen molar-refractivity contribution in [3.63, 3.8) is 0 Å². The van der Waals surface area contributed by atoms with Crippen molar-refractivity contribution in [2.75, 3.05) is 37.8 Å². The third kappa shape index (κ3) is 2.47. The lowest BCUT2D eigenvalue weighted by Crippen LogP contribution is -2.48. The maximum Gasteiger partial charge on any atom is 0.241 e. The summed E-state index contributed by atoms with van der Waals surface area (Å²) in [5.74, 6) is 0.166. The van der Waals surface area contributed by atoms with Gasteiger partial charge in [0.25, 0.3) is 0 Å². The first-order valence-corrected chi connectivity index (χ1v) is 7.24. The maximum atomic E-state index is 11.8. The van der Waals surface area contributed by atoms with Crippen LogP contribution in [0, 0.1) is 0 Å². The Bertz CT molecular complexity index is 450. The molecule has 1 aromatic carbocycles. The highest BCUT2D eigenvalue weighted by Gasteiger charge is 2.23. The largest absolute Gasteiger partial charge is 0.360 e. The Morgan fingerprint density at radius 1 is 1.39 bits per heavy atom. The minimum Gasteiger partial charge on any atom is -0.360 e. The number of anilines is 1. The molecular formula is C13H19N3OS. The first-order chi connectivity index (χ1) is 8.67. The van der Waals surface area contributed by atoms with Gasteiger partial charge in [-0.25, -0.2) is 0 Å². The van der Waals surface area contributed by atoms with Gasteiger partial charge in [-0.1, -0.05) is 6.07 Å². The highest BCUT2D eigenvalue weighted by molar-refractivity contribution is 7.98. The number of nitrogens with zero attached hydrogens (tertiary/aromatic N) is 2. The molecule has 1 saturated heterocycles. The van der Waals surface area contributed by atoms with E-state index in [2.05, 4.69) is 17.0 Å². The lowest BCUT2D eigenvalue weighted by atomic mass is 10.1. The fourth-order valence-electron chi connectivity index (χ4n) is 2.21. The van der Waals surface area contributed by atoms with Crippen molar-refractivity contribution in [1.29, 1.82) is 0 Å². The summed E-state index contributed by atoms with van der Waals surface area (Å²) in [7, 11) is 1.85. The minimum absolute atomic E-state index is 0.166. The van der Waals surface area contributed by atoms with Crippen LogP contribution >= 0.6 is 11.8 Å². The molecule has 0 atom stereocenters. The second-order valence-corrected chi connectivity index (χ2v) is 5.25. The topological polar surface area (TPSA) is 49.6 Å². The predicted octanol–water partition coefficient (Wildman–Crippen LogP) is 1.15. The molecule has 0 radical (unpaired) electrons. The number of carbonyl (C=O) groups excluding carboxylic acids is 1. The maximum absolute atomic E-state index is 11.8. The molecule has 0 saturated carbocycles. The number of nitrogens with two attached hydrogens (primary N) is 1. The molecule has 0 unspecified atom stereocenters. The molecule has 1 aliphatic heterocycles. The van der Waals surface area contributed by atoms with Crippen LogP contribution in [0.1, 0.15) is 5.56 Å². The number of likely N-dealkylation sites (N-methyl/N-ethyl adjacent to an activating group) is 1. The summed E-state index contributed by atoms with van der Waals surface area (Å²) in [6.45, 7) is 2.59. The fourth-order valence-corrected chi connectivity index (χ4v) is 2.86. The summed E-state index contributed by atoms with van der Waals surface area (Å²) in [5.41, 5.74) is 8.10. The zero-order valence-corrected chi connectivity index (χ0v) is 11.7. The lowest BCUT2D eigenvalue weighted by Gasteiger charge is -2.35. The smallest absolute Gasteiger partial charge is 0.241 e. The van der Waals surface area contributed by atoms with E-state index in [0.29, 0.717) is 13.1 Å². The average Bonchev–Trinajstić information content (AvgIpc) is 2.40. The van der Waals surface area contributed by atoms with Crippen molar-refractivity contribution in [3.05, 3.63) is 23.8 Å². The van der Waals surface area contributed by atoms with Gasteiger partial charge in [0, 0.05) is 42.8 Å². The standard InChI is InChI=1S/C13H19N3OS/c1-15-6-7-16(9-13(15)17)11-4-3-5-12(18-2)10(11)8-14/h3-5H,6-9,14H2,1-2H3. The van der Waals surface area contributed by atoms with Crippen LogP contribution < -0.4 is 10.6 Å². The van der Waals surface area contributed by atoms with E-state index in [1.807, 2.05) is 19.4 Å². The van der Waals surface area contributed by atoms with Crippen LogP contribution in [0.25, 0.3) is 0 Å². The third-order valence-electron chi connectivity index (χ3n) is 3.33. The summed E-state index contributed by atoms with van der Waals surface area (Å²) in [6, 6.07) is 6.16. The number of carbonyl (C=O) groups is 1. The Hall–Kier alpha value is -1.20. The van der Waals surface area contributed by atoms with Gasteiger partial charge in [-0.15, -0.1) is 11.8 Å². The van der Waals surface area contributed by atoms with Gasteiger partial charge in [0.1, 0.15) is 0 Å². The van der Waals surface area contributed by atoms with Crippen LogP contribution in [0.15, 0.2) is 23.1 Å². The minimum atomic E-state index is 0.166. The number of piperazine rings is 1. The van der Waals surface area contributed by atoms with E-state index in [1.165, 1.54) is 4.90 Å². The third-order valence-corrected chi connectivity index (χ3v) is 4.15. The van der Waals surface area contributed by atoms with Crippen molar-refractivity contribution >= 4 is 23.4 Å². The van der Waals surface area contributed by atoms with Crippen molar-refractivity contribution in [3.8, 4) is 0 Å². The Balaban J connectivity index is 2.30. The molecule has 1 aliphatic rings.